The van der Waals surface area contributed by atoms with E-state index in [1.165, 1.54) is 15.8 Å². The van der Waals surface area contributed by atoms with Gasteiger partial charge < -0.3 is 10.2 Å². The molecule has 4 rings (SSSR count). The number of anilines is 1. The van der Waals surface area contributed by atoms with Gasteiger partial charge in [-0.2, -0.15) is 0 Å². The van der Waals surface area contributed by atoms with Crippen molar-refractivity contribution in [3.05, 3.63) is 51.8 Å². The third-order valence-electron chi connectivity index (χ3n) is 4.99. The van der Waals surface area contributed by atoms with Crippen molar-refractivity contribution >= 4 is 49.4 Å². The Morgan fingerprint density at radius 1 is 1.33 bits per heavy atom. The van der Waals surface area contributed by atoms with E-state index in [4.69, 9.17) is 0 Å². The zero-order chi connectivity index (χ0) is 18.6. The Morgan fingerprint density at radius 3 is 3.00 bits per heavy atom. The molecule has 3 aromatic rings. The Labute approximate surface area is 171 Å². The number of hydrogen-bond donors (Lipinski definition) is 1. The number of hydrogen-bond acceptors (Lipinski definition) is 6. The third kappa shape index (κ3) is 4.20. The Bertz CT molecular complexity index is 946. The van der Waals surface area contributed by atoms with Crippen molar-refractivity contribution in [2.45, 2.75) is 25.8 Å². The predicted octanol–water partition coefficient (Wildman–Crippen LogP) is 4.43. The van der Waals surface area contributed by atoms with Gasteiger partial charge in [0.15, 0.2) is 0 Å². The molecule has 1 N–H and O–H groups in total. The van der Waals surface area contributed by atoms with Gasteiger partial charge >= 0.3 is 0 Å². The van der Waals surface area contributed by atoms with Crippen LogP contribution in [0.1, 0.15) is 24.0 Å². The molecule has 7 heteroatoms. The number of halogens is 1. The Kier molecular flexibility index (Phi) is 5.80. The highest BCUT2D eigenvalue weighted by molar-refractivity contribution is 9.10. The lowest BCUT2D eigenvalue weighted by atomic mass is 10.0. The van der Waals surface area contributed by atoms with Gasteiger partial charge in [-0.15, -0.1) is 11.3 Å². The maximum atomic E-state index is 4.55. The van der Waals surface area contributed by atoms with Crippen LogP contribution < -0.4 is 10.2 Å². The summed E-state index contributed by atoms with van der Waals surface area (Å²) >= 11 is 5.28. The molecule has 1 aliphatic rings. The van der Waals surface area contributed by atoms with Gasteiger partial charge in [-0.1, -0.05) is 12.2 Å². The smallest absolute Gasteiger partial charge is 0.150 e. The summed E-state index contributed by atoms with van der Waals surface area (Å²) in [6.45, 7) is 5.03. The minimum absolute atomic E-state index is 0.549. The molecule has 0 spiro atoms. The van der Waals surface area contributed by atoms with Crippen molar-refractivity contribution in [2.75, 3.05) is 24.5 Å². The molecule has 140 valence electrons. The fourth-order valence-corrected chi connectivity index (χ4v) is 5.01. The van der Waals surface area contributed by atoms with Gasteiger partial charge in [-0.3, -0.25) is 4.98 Å². The van der Waals surface area contributed by atoms with Crippen LogP contribution in [-0.2, 0) is 0 Å². The van der Waals surface area contributed by atoms with E-state index in [9.17, 15) is 0 Å². The van der Waals surface area contributed by atoms with Crippen molar-refractivity contribution in [1.82, 2.24) is 20.3 Å². The topological polar surface area (TPSA) is 53.9 Å². The first-order valence-electron chi connectivity index (χ1n) is 9.15. The van der Waals surface area contributed by atoms with Gasteiger partial charge in [0.1, 0.15) is 17.7 Å². The SMILES string of the molecule is Cc1ccncc1/C=C/CNC1CCN(c2ncnc3c(Br)csc23)CC1. The first-order valence-corrected chi connectivity index (χ1v) is 10.8. The van der Waals surface area contributed by atoms with Gasteiger partial charge in [0, 0.05) is 43.4 Å². The van der Waals surface area contributed by atoms with E-state index in [0.717, 1.165) is 48.3 Å². The van der Waals surface area contributed by atoms with Crippen LogP contribution in [0.2, 0.25) is 0 Å². The molecule has 0 unspecified atom stereocenters. The Hall–Kier alpha value is -1.83. The molecule has 1 saturated heterocycles. The van der Waals surface area contributed by atoms with Crippen LogP contribution in [0.4, 0.5) is 5.82 Å². The number of nitrogens with zero attached hydrogens (tertiary/aromatic N) is 4. The zero-order valence-electron chi connectivity index (χ0n) is 15.2. The lowest BCUT2D eigenvalue weighted by Crippen LogP contribution is -2.42. The summed E-state index contributed by atoms with van der Waals surface area (Å²) in [6, 6.07) is 2.59. The van der Waals surface area contributed by atoms with Crippen molar-refractivity contribution in [1.29, 1.82) is 0 Å². The molecule has 0 saturated carbocycles. The van der Waals surface area contributed by atoms with Crippen LogP contribution in [0.25, 0.3) is 16.3 Å². The largest absolute Gasteiger partial charge is 0.355 e. The number of piperidine rings is 1. The quantitative estimate of drug-likeness (QED) is 0.631. The summed E-state index contributed by atoms with van der Waals surface area (Å²) in [5.41, 5.74) is 3.45. The second kappa shape index (κ2) is 8.46. The summed E-state index contributed by atoms with van der Waals surface area (Å²) in [7, 11) is 0. The van der Waals surface area contributed by atoms with E-state index in [1.54, 1.807) is 17.7 Å². The number of pyridine rings is 1. The minimum atomic E-state index is 0.549. The average Bonchev–Trinajstić information content (AvgIpc) is 3.08. The molecule has 0 atom stereocenters. The monoisotopic (exact) mass is 443 g/mol. The lowest BCUT2D eigenvalue weighted by Gasteiger charge is -2.33. The summed E-state index contributed by atoms with van der Waals surface area (Å²) < 4.78 is 2.23. The van der Waals surface area contributed by atoms with E-state index in [2.05, 4.69) is 65.6 Å². The highest BCUT2D eigenvalue weighted by atomic mass is 79.9. The second-order valence-corrected chi connectivity index (χ2v) is 8.50. The highest BCUT2D eigenvalue weighted by Crippen LogP contribution is 2.34. The molecular formula is C20H22BrN5S. The number of aryl methyl sites for hydroxylation is 1. The molecule has 1 fully saturated rings. The minimum Gasteiger partial charge on any atom is -0.355 e. The Morgan fingerprint density at radius 2 is 2.19 bits per heavy atom. The highest BCUT2D eigenvalue weighted by Gasteiger charge is 2.22. The molecule has 0 aromatic carbocycles. The molecule has 4 heterocycles. The van der Waals surface area contributed by atoms with Crippen molar-refractivity contribution in [3.63, 3.8) is 0 Å². The number of aromatic nitrogens is 3. The normalized spacial score (nSPS) is 15.9. The zero-order valence-corrected chi connectivity index (χ0v) is 17.6. The number of fused-ring (bicyclic) bond motifs is 1. The molecule has 0 radical (unpaired) electrons. The van der Waals surface area contributed by atoms with Gasteiger partial charge in [-0.05, 0) is 52.9 Å². The van der Waals surface area contributed by atoms with Crippen LogP contribution in [-0.4, -0.2) is 40.6 Å². The molecular weight excluding hydrogens is 422 g/mol. The molecule has 27 heavy (non-hydrogen) atoms. The van der Waals surface area contributed by atoms with Crippen LogP contribution in [0.15, 0.2) is 40.7 Å². The Balaban J connectivity index is 1.31. The maximum absolute atomic E-state index is 4.55. The molecule has 1 aliphatic heterocycles. The first kappa shape index (κ1) is 18.5. The van der Waals surface area contributed by atoms with Gasteiger partial charge in [-0.25, -0.2) is 9.97 Å². The fourth-order valence-electron chi connectivity index (χ4n) is 3.40. The third-order valence-corrected chi connectivity index (χ3v) is 6.86. The van der Waals surface area contributed by atoms with Gasteiger partial charge in [0.2, 0.25) is 0 Å². The van der Waals surface area contributed by atoms with Crippen molar-refractivity contribution in [3.8, 4) is 0 Å². The van der Waals surface area contributed by atoms with Crippen LogP contribution in [0, 0.1) is 6.92 Å². The molecule has 0 aliphatic carbocycles. The number of thiophene rings is 1. The summed E-state index contributed by atoms with van der Waals surface area (Å²) in [5, 5.41) is 5.74. The standard InChI is InChI=1S/C20H22BrN5S/c1-14-4-8-22-11-15(14)3-2-7-23-16-5-9-26(10-6-16)20-19-18(24-13-25-20)17(21)12-27-19/h2-4,8,11-13,16,23H,5-7,9-10H2,1H3/b3-2+. The van der Waals surface area contributed by atoms with Crippen LogP contribution in [0.5, 0.6) is 0 Å². The van der Waals surface area contributed by atoms with Crippen LogP contribution in [0.3, 0.4) is 0 Å². The van der Waals surface area contributed by atoms with Gasteiger partial charge in [0.05, 0.1) is 9.17 Å². The predicted molar refractivity (Wildman–Crippen MR) is 116 cm³/mol. The van der Waals surface area contributed by atoms with Crippen molar-refractivity contribution < 1.29 is 0 Å². The van der Waals surface area contributed by atoms with Crippen molar-refractivity contribution in [2.24, 2.45) is 0 Å². The molecule has 3 aromatic heterocycles. The fraction of sp³-hybridized carbons (Fsp3) is 0.350. The number of nitrogens with one attached hydrogen (secondary N) is 1. The maximum Gasteiger partial charge on any atom is 0.150 e. The first-order chi connectivity index (χ1) is 13.2. The number of rotatable bonds is 5. The van der Waals surface area contributed by atoms with Crippen LogP contribution >= 0.6 is 27.3 Å². The van der Waals surface area contributed by atoms with E-state index in [-0.39, 0.29) is 0 Å². The summed E-state index contributed by atoms with van der Waals surface area (Å²) in [4.78, 5) is 15.5. The van der Waals surface area contributed by atoms with Gasteiger partial charge in [0.25, 0.3) is 0 Å². The molecule has 5 nitrogen and oxygen atoms in total. The average molecular weight is 444 g/mol. The van der Waals surface area contributed by atoms with E-state index in [1.807, 2.05) is 18.5 Å². The van der Waals surface area contributed by atoms with E-state index < -0.39 is 0 Å². The van der Waals surface area contributed by atoms with E-state index >= 15 is 0 Å². The second-order valence-electron chi connectivity index (χ2n) is 6.76. The lowest BCUT2D eigenvalue weighted by molar-refractivity contribution is 0.429. The molecule has 0 amide bonds. The summed E-state index contributed by atoms with van der Waals surface area (Å²) in [6.07, 6.45) is 12.0. The molecule has 0 bridgehead atoms. The van der Waals surface area contributed by atoms with E-state index in [0.29, 0.717) is 6.04 Å². The summed E-state index contributed by atoms with van der Waals surface area (Å²) in [5.74, 6) is 1.07.